The molecule has 0 radical (unpaired) electrons. The second-order valence-corrected chi connectivity index (χ2v) is 8.17. The van der Waals surface area contributed by atoms with E-state index in [0.29, 0.717) is 5.88 Å². The van der Waals surface area contributed by atoms with E-state index < -0.39 is 0 Å². The molecule has 3 heterocycles. The Balaban J connectivity index is 1.19. The topological polar surface area (TPSA) is 44.4 Å². The SMILES string of the molecule is ClOc1cc2cc(CCN3CCN(c4nsc5ccccc45)CC3)ccc2[nH]1. The molecule has 2 aromatic heterocycles. The fourth-order valence-electron chi connectivity index (χ4n) is 3.92. The maximum Gasteiger partial charge on any atom is 0.216 e. The zero-order valence-electron chi connectivity index (χ0n) is 15.4. The van der Waals surface area contributed by atoms with Crippen molar-refractivity contribution in [2.24, 2.45) is 0 Å². The molecule has 0 unspecified atom stereocenters. The maximum absolute atomic E-state index is 5.44. The zero-order valence-corrected chi connectivity index (χ0v) is 17.0. The number of benzene rings is 2. The predicted molar refractivity (Wildman–Crippen MR) is 117 cm³/mol. The molecule has 0 saturated carbocycles. The van der Waals surface area contributed by atoms with E-state index in [9.17, 15) is 0 Å². The molecule has 2 aromatic carbocycles. The molecule has 1 N–H and O–H groups in total. The van der Waals surface area contributed by atoms with Crippen LogP contribution >= 0.6 is 23.4 Å². The van der Waals surface area contributed by atoms with Crippen LogP contribution in [0.3, 0.4) is 0 Å². The van der Waals surface area contributed by atoms with Crippen molar-refractivity contribution < 1.29 is 4.29 Å². The van der Waals surface area contributed by atoms with Crippen LogP contribution in [0.5, 0.6) is 5.88 Å². The van der Waals surface area contributed by atoms with Crippen molar-refractivity contribution in [3.05, 3.63) is 54.1 Å². The van der Waals surface area contributed by atoms with Crippen molar-refractivity contribution in [2.45, 2.75) is 6.42 Å². The molecule has 28 heavy (non-hydrogen) atoms. The number of halogens is 1. The van der Waals surface area contributed by atoms with Crippen LogP contribution in [0.1, 0.15) is 5.56 Å². The molecule has 0 spiro atoms. The largest absolute Gasteiger partial charge is 0.367 e. The van der Waals surface area contributed by atoms with Crippen molar-refractivity contribution in [1.82, 2.24) is 14.3 Å². The third kappa shape index (κ3) is 3.43. The number of nitrogens with zero attached hydrogens (tertiary/aromatic N) is 3. The van der Waals surface area contributed by atoms with Crippen molar-refractivity contribution in [3.63, 3.8) is 0 Å². The Morgan fingerprint density at radius 3 is 2.79 bits per heavy atom. The van der Waals surface area contributed by atoms with Gasteiger partial charge in [0, 0.05) is 55.1 Å². The van der Waals surface area contributed by atoms with Gasteiger partial charge in [-0.05, 0) is 47.8 Å². The molecule has 144 valence electrons. The van der Waals surface area contributed by atoms with E-state index in [1.165, 1.54) is 15.6 Å². The number of hydrogen-bond donors (Lipinski definition) is 1. The van der Waals surface area contributed by atoms with Crippen LogP contribution < -0.4 is 9.19 Å². The molecule has 4 aromatic rings. The summed E-state index contributed by atoms with van der Waals surface area (Å²) in [6.07, 6.45) is 1.04. The number of rotatable bonds is 5. The van der Waals surface area contributed by atoms with Crippen molar-refractivity contribution in [3.8, 4) is 5.88 Å². The van der Waals surface area contributed by atoms with E-state index >= 15 is 0 Å². The second kappa shape index (κ2) is 7.62. The highest BCUT2D eigenvalue weighted by Gasteiger charge is 2.20. The highest BCUT2D eigenvalue weighted by molar-refractivity contribution is 7.13. The van der Waals surface area contributed by atoms with E-state index in [1.807, 2.05) is 6.07 Å². The molecule has 1 aliphatic rings. The van der Waals surface area contributed by atoms with Gasteiger partial charge in [0.25, 0.3) is 0 Å². The maximum atomic E-state index is 5.44. The minimum Gasteiger partial charge on any atom is -0.367 e. The molecule has 7 heteroatoms. The molecule has 5 nitrogen and oxygen atoms in total. The Labute approximate surface area is 172 Å². The van der Waals surface area contributed by atoms with Crippen LogP contribution in [0.15, 0.2) is 48.5 Å². The van der Waals surface area contributed by atoms with Gasteiger partial charge in [0.1, 0.15) is 17.7 Å². The number of anilines is 1. The van der Waals surface area contributed by atoms with E-state index in [4.69, 9.17) is 20.5 Å². The zero-order chi connectivity index (χ0) is 18.9. The lowest BCUT2D eigenvalue weighted by Gasteiger charge is -2.35. The van der Waals surface area contributed by atoms with Crippen LogP contribution in [0.2, 0.25) is 0 Å². The first-order valence-corrected chi connectivity index (χ1v) is 10.6. The summed E-state index contributed by atoms with van der Waals surface area (Å²) in [5.41, 5.74) is 2.38. The van der Waals surface area contributed by atoms with E-state index in [2.05, 4.69) is 57.2 Å². The van der Waals surface area contributed by atoms with Crippen molar-refractivity contribution in [1.29, 1.82) is 0 Å². The summed E-state index contributed by atoms with van der Waals surface area (Å²) >= 11 is 7.03. The fraction of sp³-hybridized carbons (Fsp3) is 0.286. The summed E-state index contributed by atoms with van der Waals surface area (Å²) in [7, 11) is 0. The number of nitrogens with one attached hydrogen (secondary N) is 1. The van der Waals surface area contributed by atoms with Gasteiger partial charge in [-0.25, -0.2) is 0 Å². The van der Waals surface area contributed by atoms with Gasteiger partial charge in [-0.15, -0.1) is 0 Å². The van der Waals surface area contributed by atoms with Gasteiger partial charge < -0.3 is 14.2 Å². The third-order valence-corrected chi connectivity index (χ3v) is 6.47. The first-order valence-electron chi connectivity index (χ1n) is 9.52. The Morgan fingerprint density at radius 1 is 1.07 bits per heavy atom. The molecule has 0 aliphatic carbocycles. The lowest BCUT2D eigenvalue weighted by molar-refractivity contribution is 0.261. The smallest absolute Gasteiger partial charge is 0.216 e. The van der Waals surface area contributed by atoms with Crippen LogP contribution in [0.25, 0.3) is 21.0 Å². The van der Waals surface area contributed by atoms with Crippen molar-refractivity contribution >= 4 is 50.2 Å². The summed E-state index contributed by atoms with van der Waals surface area (Å²) in [5, 5.41) is 2.41. The van der Waals surface area contributed by atoms with Gasteiger partial charge in [0.2, 0.25) is 5.88 Å². The van der Waals surface area contributed by atoms with E-state index in [-0.39, 0.29) is 0 Å². The quantitative estimate of drug-likeness (QED) is 0.517. The average Bonchev–Trinajstić information content (AvgIpc) is 3.36. The van der Waals surface area contributed by atoms with E-state index in [0.717, 1.165) is 55.9 Å². The van der Waals surface area contributed by atoms with Crippen LogP contribution in [-0.4, -0.2) is 47.0 Å². The number of fused-ring (bicyclic) bond motifs is 2. The minimum atomic E-state index is 0.583. The van der Waals surface area contributed by atoms with Crippen LogP contribution in [0, 0.1) is 0 Å². The Hall–Kier alpha value is -2.28. The second-order valence-electron chi connectivity index (χ2n) is 7.21. The Morgan fingerprint density at radius 2 is 1.93 bits per heavy atom. The molecule has 1 saturated heterocycles. The number of hydrogen-bond acceptors (Lipinski definition) is 5. The lowest BCUT2D eigenvalue weighted by atomic mass is 10.1. The minimum absolute atomic E-state index is 0.583. The number of aromatic nitrogens is 2. The first kappa shape index (κ1) is 17.8. The third-order valence-electron chi connectivity index (χ3n) is 5.49. The summed E-state index contributed by atoms with van der Waals surface area (Å²) in [6, 6.07) is 16.9. The first-order chi connectivity index (χ1) is 13.8. The monoisotopic (exact) mass is 412 g/mol. The molecular formula is C21H21ClN4OS. The Bertz CT molecular complexity index is 1100. The molecule has 0 amide bonds. The normalized spacial score (nSPS) is 15.5. The Kier molecular flexibility index (Phi) is 4.84. The molecule has 1 aliphatic heterocycles. The highest BCUT2D eigenvalue weighted by Crippen LogP contribution is 2.30. The standard InChI is InChI=1S/C21H21ClN4OS/c22-27-20-14-16-13-15(5-6-18(16)23-20)7-8-25-9-11-26(12-10-25)21-17-3-1-2-4-19(17)28-24-21/h1-6,13-14,23H,7-12H2. The van der Waals surface area contributed by atoms with Gasteiger partial charge in [-0.3, -0.25) is 4.90 Å². The van der Waals surface area contributed by atoms with Crippen LogP contribution in [0.4, 0.5) is 5.82 Å². The van der Waals surface area contributed by atoms with Gasteiger partial charge in [-0.1, -0.05) is 18.2 Å². The number of H-pyrrole nitrogens is 1. The summed E-state index contributed by atoms with van der Waals surface area (Å²) in [5.74, 6) is 1.73. The van der Waals surface area contributed by atoms with Gasteiger partial charge in [0.15, 0.2) is 0 Å². The van der Waals surface area contributed by atoms with E-state index in [1.54, 1.807) is 11.5 Å². The number of piperazine rings is 1. The molecule has 1 fully saturated rings. The fourth-order valence-corrected chi connectivity index (χ4v) is 4.80. The molecular weight excluding hydrogens is 392 g/mol. The van der Waals surface area contributed by atoms with Gasteiger partial charge in [0.05, 0.1) is 4.70 Å². The summed E-state index contributed by atoms with van der Waals surface area (Å²) in [4.78, 5) is 8.10. The molecule has 0 atom stereocenters. The summed E-state index contributed by atoms with van der Waals surface area (Å²) in [6.45, 7) is 5.27. The molecule has 0 bridgehead atoms. The van der Waals surface area contributed by atoms with Gasteiger partial charge >= 0.3 is 0 Å². The van der Waals surface area contributed by atoms with Crippen molar-refractivity contribution in [2.75, 3.05) is 37.6 Å². The van der Waals surface area contributed by atoms with Gasteiger partial charge in [-0.2, -0.15) is 4.37 Å². The predicted octanol–water partition coefficient (Wildman–Crippen LogP) is 4.67. The summed E-state index contributed by atoms with van der Waals surface area (Å²) < 4.78 is 10.7. The number of aromatic amines is 1. The lowest BCUT2D eigenvalue weighted by Crippen LogP contribution is -2.47. The van der Waals surface area contributed by atoms with Crippen LogP contribution in [-0.2, 0) is 6.42 Å². The molecule has 5 rings (SSSR count). The highest BCUT2D eigenvalue weighted by atomic mass is 35.5. The average molecular weight is 413 g/mol.